The summed E-state index contributed by atoms with van der Waals surface area (Å²) < 4.78 is 4.73. The second-order valence-electron chi connectivity index (χ2n) is 5.03. The number of carbonyl (C=O) groups is 1. The first kappa shape index (κ1) is 14.9. The third-order valence-electron chi connectivity index (χ3n) is 3.26. The maximum Gasteiger partial charge on any atom is 0.340 e. The number of hydrogen-bond acceptors (Lipinski definition) is 4. The molecule has 1 unspecified atom stereocenters. The molecule has 0 spiro atoms. The minimum absolute atomic E-state index is 0.238. The number of esters is 1. The molecule has 0 radical (unpaired) electrons. The monoisotopic (exact) mass is 284 g/mol. The summed E-state index contributed by atoms with van der Waals surface area (Å²) >= 11 is 0. The lowest BCUT2D eigenvalue weighted by atomic mass is 10.1. The molecule has 3 N–H and O–H groups in total. The van der Waals surface area contributed by atoms with E-state index in [-0.39, 0.29) is 6.04 Å². The van der Waals surface area contributed by atoms with Gasteiger partial charge in [0.1, 0.15) is 0 Å². The first-order valence-corrected chi connectivity index (χ1v) is 6.88. The van der Waals surface area contributed by atoms with Gasteiger partial charge < -0.3 is 15.8 Å². The highest BCUT2D eigenvalue weighted by Gasteiger charge is 2.11. The van der Waals surface area contributed by atoms with Crippen molar-refractivity contribution in [2.45, 2.75) is 19.4 Å². The summed E-state index contributed by atoms with van der Waals surface area (Å²) in [5.41, 5.74) is 8.71. The lowest BCUT2D eigenvalue weighted by Crippen LogP contribution is -2.18. The van der Waals surface area contributed by atoms with Crippen LogP contribution in [0.4, 0.5) is 11.4 Å². The molecular formula is C17H20N2O2. The predicted molar refractivity (Wildman–Crippen MR) is 85.4 cm³/mol. The lowest BCUT2D eigenvalue weighted by molar-refractivity contribution is 0.0602. The van der Waals surface area contributed by atoms with E-state index in [4.69, 9.17) is 10.5 Å². The van der Waals surface area contributed by atoms with Gasteiger partial charge >= 0.3 is 5.97 Å². The highest BCUT2D eigenvalue weighted by molar-refractivity contribution is 5.96. The topological polar surface area (TPSA) is 64.3 Å². The number of nitrogens with two attached hydrogens (primary N) is 1. The molecule has 2 aromatic rings. The Hall–Kier alpha value is -2.49. The Morgan fingerprint density at radius 3 is 2.62 bits per heavy atom. The quantitative estimate of drug-likeness (QED) is 0.654. The van der Waals surface area contributed by atoms with E-state index < -0.39 is 5.97 Å². The largest absolute Gasteiger partial charge is 0.465 e. The van der Waals surface area contributed by atoms with Crippen LogP contribution in [-0.4, -0.2) is 19.1 Å². The fourth-order valence-electron chi connectivity index (χ4n) is 2.24. The number of hydrogen-bond donors (Lipinski definition) is 2. The Labute approximate surface area is 124 Å². The van der Waals surface area contributed by atoms with Crippen molar-refractivity contribution in [3.8, 4) is 0 Å². The van der Waals surface area contributed by atoms with Crippen molar-refractivity contribution in [3.05, 3.63) is 59.7 Å². The molecular weight excluding hydrogens is 264 g/mol. The molecule has 0 aromatic heterocycles. The van der Waals surface area contributed by atoms with Crippen molar-refractivity contribution in [2.24, 2.45) is 0 Å². The third kappa shape index (κ3) is 3.99. The summed E-state index contributed by atoms with van der Waals surface area (Å²) in [6.45, 7) is 2.10. The van der Waals surface area contributed by atoms with E-state index in [2.05, 4.69) is 24.4 Å². The average Bonchev–Trinajstić information content (AvgIpc) is 2.49. The van der Waals surface area contributed by atoms with Gasteiger partial charge in [-0.25, -0.2) is 4.79 Å². The van der Waals surface area contributed by atoms with Crippen LogP contribution in [0.5, 0.6) is 0 Å². The van der Waals surface area contributed by atoms with Gasteiger partial charge in [-0.2, -0.15) is 0 Å². The SMILES string of the molecule is COC(=O)c1cc(NC(C)Cc2ccccc2)ccc1N. The zero-order valence-corrected chi connectivity index (χ0v) is 12.3. The van der Waals surface area contributed by atoms with Gasteiger partial charge in [-0.1, -0.05) is 30.3 Å². The van der Waals surface area contributed by atoms with E-state index in [1.165, 1.54) is 12.7 Å². The van der Waals surface area contributed by atoms with E-state index in [1.54, 1.807) is 12.1 Å². The number of methoxy groups -OCH3 is 1. The second kappa shape index (κ2) is 6.79. The number of nitrogens with one attached hydrogen (secondary N) is 1. The smallest absolute Gasteiger partial charge is 0.340 e. The van der Waals surface area contributed by atoms with Crippen LogP contribution in [0.1, 0.15) is 22.8 Å². The normalized spacial score (nSPS) is 11.7. The van der Waals surface area contributed by atoms with Crippen LogP contribution >= 0.6 is 0 Å². The van der Waals surface area contributed by atoms with Crippen molar-refractivity contribution in [1.82, 2.24) is 0 Å². The lowest BCUT2D eigenvalue weighted by Gasteiger charge is -2.16. The summed E-state index contributed by atoms with van der Waals surface area (Å²) in [4.78, 5) is 11.6. The van der Waals surface area contributed by atoms with Crippen LogP contribution < -0.4 is 11.1 Å². The number of ether oxygens (including phenoxy) is 1. The van der Waals surface area contributed by atoms with Crippen LogP contribution in [-0.2, 0) is 11.2 Å². The van der Waals surface area contributed by atoms with Gasteiger partial charge in [0.15, 0.2) is 0 Å². The number of anilines is 2. The van der Waals surface area contributed by atoms with Gasteiger partial charge in [0.05, 0.1) is 12.7 Å². The summed E-state index contributed by atoms with van der Waals surface area (Å²) in [5.74, 6) is -0.424. The molecule has 21 heavy (non-hydrogen) atoms. The zero-order valence-electron chi connectivity index (χ0n) is 12.3. The highest BCUT2D eigenvalue weighted by Crippen LogP contribution is 2.20. The van der Waals surface area contributed by atoms with Crippen LogP contribution in [0.2, 0.25) is 0 Å². The third-order valence-corrected chi connectivity index (χ3v) is 3.26. The molecule has 2 rings (SSSR count). The molecule has 110 valence electrons. The summed E-state index contributed by atoms with van der Waals surface area (Å²) in [7, 11) is 1.35. The molecule has 1 atom stereocenters. The van der Waals surface area contributed by atoms with Gasteiger partial charge in [0.2, 0.25) is 0 Å². The van der Waals surface area contributed by atoms with Crippen LogP contribution in [0.25, 0.3) is 0 Å². The summed E-state index contributed by atoms with van der Waals surface area (Å²) in [6, 6.07) is 15.8. The molecule has 0 aliphatic carbocycles. The van der Waals surface area contributed by atoms with E-state index in [9.17, 15) is 4.79 Å². The van der Waals surface area contributed by atoms with Crippen LogP contribution in [0.3, 0.4) is 0 Å². The minimum Gasteiger partial charge on any atom is -0.465 e. The predicted octanol–water partition coefficient (Wildman–Crippen LogP) is 3.10. The number of nitrogen functional groups attached to an aromatic ring is 1. The number of benzene rings is 2. The fourth-order valence-corrected chi connectivity index (χ4v) is 2.24. The van der Waals surface area contributed by atoms with Crippen molar-refractivity contribution in [2.75, 3.05) is 18.2 Å². The molecule has 4 nitrogen and oxygen atoms in total. The molecule has 0 amide bonds. The van der Waals surface area contributed by atoms with Crippen LogP contribution in [0, 0.1) is 0 Å². The Morgan fingerprint density at radius 2 is 1.95 bits per heavy atom. The van der Waals surface area contributed by atoms with Crippen molar-refractivity contribution < 1.29 is 9.53 Å². The Bertz CT molecular complexity index is 611. The Morgan fingerprint density at radius 1 is 1.24 bits per heavy atom. The number of rotatable bonds is 5. The fraction of sp³-hybridized carbons (Fsp3) is 0.235. The van der Waals surface area contributed by atoms with Crippen molar-refractivity contribution in [1.29, 1.82) is 0 Å². The summed E-state index contributed by atoms with van der Waals surface area (Å²) in [5, 5.41) is 3.37. The van der Waals surface area contributed by atoms with Gasteiger partial charge in [0.25, 0.3) is 0 Å². The molecule has 0 bridgehead atoms. The van der Waals surface area contributed by atoms with Crippen molar-refractivity contribution >= 4 is 17.3 Å². The van der Waals surface area contributed by atoms with Gasteiger partial charge in [-0.05, 0) is 37.1 Å². The van der Waals surface area contributed by atoms with E-state index >= 15 is 0 Å². The van der Waals surface area contributed by atoms with E-state index in [0.29, 0.717) is 11.3 Å². The maximum atomic E-state index is 11.6. The van der Waals surface area contributed by atoms with Gasteiger partial charge in [-0.15, -0.1) is 0 Å². The molecule has 0 saturated carbocycles. The maximum absolute atomic E-state index is 11.6. The highest BCUT2D eigenvalue weighted by atomic mass is 16.5. The molecule has 4 heteroatoms. The first-order valence-electron chi connectivity index (χ1n) is 6.88. The Balaban J connectivity index is 2.07. The Kier molecular flexibility index (Phi) is 4.82. The second-order valence-corrected chi connectivity index (χ2v) is 5.03. The van der Waals surface area contributed by atoms with E-state index in [1.807, 2.05) is 24.3 Å². The molecule has 0 aliphatic heterocycles. The molecule has 0 aliphatic rings. The molecule has 2 aromatic carbocycles. The van der Waals surface area contributed by atoms with Gasteiger partial charge in [-0.3, -0.25) is 0 Å². The standard InChI is InChI=1S/C17H20N2O2/c1-12(10-13-6-4-3-5-7-13)19-14-8-9-16(18)15(11-14)17(20)21-2/h3-9,11-12,19H,10,18H2,1-2H3. The first-order chi connectivity index (χ1) is 10.1. The van der Waals surface area contributed by atoms with Gasteiger partial charge in [0, 0.05) is 17.4 Å². The molecule has 0 saturated heterocycles. The number of carbonyl (C=O) groups excluding carboxylic acids is 1. The molecule has 0 fully saturated rings. The summed E-state index contributed by atoms with van der Waals surface area (Å²) in [6.07, 6.45) is 0.902. The molecule has 0 heterocycles. The van der Waals surface area contributed by atoms with Crippen LogP contribution in [0.15, 0.2) is 48.5 Å². The van der Waals surface area contributed by atoms with E-state index in [0.717, 1.165) is 12.1 Å². The minimum atomic E-state index is -0.424. The average molecular weight is 284 g/mol. The zero-order chi connectivity index (χ0) is 15.2. The van der Waals surface area contributed by atoms with Crippen molar-refractivity contribution in [3.63, 3.8) is 0 Å².